The molecule has 1 heterocycles. The van der Waals surface area contributed by atoms with Gasteiger partial charge < -0.3 is 39.3 Å². The number of nitrogens with one attached hydrogen (secondary N) is 1. The summed E-state index contributed by atoms with van der Waals surface area (Å²) < 4.78 is 64.7. The summed E-state index contributed by atoms with van der Waals surface area (Å²) in [5.41, 5.74) is 4.89. The minimum atomic E-state index is -1.45. The molecule has 6 rings (SSSR count). The van der Waals surface area contributed by atoms with Crippen LogP contribution in [-0.4, -0.2) is 63.6 Å². The lowest BCUT2D eigenvalue weighted by atomic mass is 9.43. The van der Waals surface area contributed by atoms with Crippen LogP contribution in [0, 0.1) is 28.9 Å². The van der Waals surface area contributed by atoms with Crippen molar-refractivity contribution in [3.05, 3.63) is 51.5 Å². The van der Waals surface area contributed by atoms with Crippen molar-refractivity contribution in [2.24, 2.45) is 23.0 Å². The Hall–Kier alpha value is -2.84. The molecule has 1 aliphatic heterocycles. The smallest absolute Gasteiger partial charge is 0.482 e. The van der Waals surface area contributed by atoms with Crippen LogP contribution in [0.3, 0.4) is 0 Å². The zero-order chi connectivity index (χ0) is 35.5. The summed E-state index contributed by atoms with van der Waals surface area (Å²) in [5.74, 6) is -3.88. The predicted molar refractivity (Wildman–Crippen MR) is 183 cm³/mol. The molecule has 0 spiro atoms. The molecular formula is C34H45BCl2F2N2O8. The van der Waals surface area contributed by atoms with E-state index in [1.54, 1.807) is 20.8 Å². The van der Waals surface area contributed by atoms with Gasteiger partial charge in [0.05, 0.1) is 44.0 Å². The van der Waals surface area contributed by atoms with Gasteiger partial charge >= 0.3 is 13.1 Å². The molecule has 10 nitrogen and oxygen atoms in total. The third-order valence-corrected chi connectivity index (χ3v) is 10.6. The minimum Gasteiger partial charge on any atom is -0.495 e. The number of rotatable bonds is 10. The predicted octanol–water partition coefficient (Wildman–Crippen LogP) is 6.02. The van der Waals surface area contributed by atoms with Crippen molar-refractivity contribution in [2.75, 3.05) is 21.3 Å². The van der Waals surface area contributed by atoms with E-state index in [1.165, 1.54) is 27.4 Å². The van der Waals surface area contributed by atoms with Gasteiger partial charge in [0, 0.05) is 5.56 Å². The minimum absolute atomic E-state index is 0. The van der Waals surface area contributed by atoms with Gasteiger partial charge in [-0.1, -0.05) is 31.5 Å². The van der Waals surface area contributed by atoms with E-state index < -0.39 is 53.8 Å². The second kappa shape index (κ2) is 14.1. The van der Waals surface area contributed by atoms with E-state index in [2.05, 4.69) is 19.2 Å². The van der Waals surface area contributed by atoms with Crippen LogP contribution >= 0.6 is 24.0 Å². The van der Waals surface area contributed by atoms with Gasteiger partial charge in [-0.3, -0.25) is 4.79 Å². The Morgan fingerprint density at radius 3 is 2.27 bits per heavy atom. The maximum absolute atomic E-state index is 15.2. The van der Waals surface area contributed by atoms with Gasteiger partial charge in [-0.25, -0.2) is 13.6 Å². The van der Waals surface area contributed by atoms with E-state index in [1.807, 2.05) is 6.92 Å². The Morgan fingerprint density at radius 2 is 1.69 bits per heavy atom. The number of amides is 1. The number of ether oxygens (including phenoxy) is 4. The Labute approximate surface area is 297 Å². The second-order valence-electron chi connectivity index (χ2n) is 14.6. The molecule has 49 heavy (non-hydrogen) atoms. The molecule has 6 atom stereocenters. The summed E-state index contributed by atoms with van der Waals surface area (Å²) in [7, 11) is 2.91. The molecule has 3 aliphatic carbocycles. The zero-order valence-electron chi connectivity index (χ0n) is 29.2. The van der Waals surface area contributed by atoms with Crippen LogP contribution in [0.1, 0.15) is 81.9 Å². The average Bonchev–Trinajstić information content (AvgIpc) is 3.37. The summed E-state index contributed by atoms with van der Waals surface area (Å²) >= 11 is 6.52. The first-order chi connectivity index (χ1) is 22.4. The van der Waals surface area contributed by atoms with Crippen molar-refractivity contribution >= 4 is 43.0 Å². The molecule has 1 saturated heterocycles. The number of esters is 1. The number of hydrogen-bond acceptors (Lipinski definition) is 9. The zero-order valence-corrected chi connectivity index (χ0v) is 30.8. The third-order valence-electron chi connectivity index (χ3n) is 10.2. The van der Waals surface area contributed by atoms with Crippen LogP contribution in [0.4, 0.5) is 8.78 Å². The fraction of sp³-hybridized carbons (Fsp3) is 0.588. The SMILES string of the molecule is COc1c(F)cc(C(N)C(=O)N[C@@H](Cc2ccc(F)c(C(=O)OC(C)(C)C)c2OC)B2O[C@@H]3C[C@@H]4C[C@@H](C4(C)C)[C@]3(C)O2)c(Cl)c1OC.Cl. The van der Waals surface area contributed by atoms with Gasteiger partial charge in [0.1, 0.15) is 28.8 Å². The van der Waals surface area contributed by atoms with Gasteiger partial charge in [0.2, 0.25) is 5.91 Å². The highest BCUT2D eigenvalue weighted by Gasteiger charge is 2.68. The summed E-state index contributed by atoms with van der Waals surface area (Å²) in [6.45, 7) is 11.5. The van der Waals surface area contributed by atoms with E-state index in [9.17, 15) is 14.0 Å². The summed E-state index contributed by atoms with van der Waals surface area (Å²) in [5, 5.41) is 2.82. The molecule has 3 saturated carbocycles. The van der Waals surface area contributed by atoms with E-state index in [-0.39, 0.29) is 69.7 Å². The lowest BCUT2D eigenvalue weighted by molar-refractivity contribution is -0.199. The van der Waals surface area contributed by atoms with Crippen molar-refractivity contribution in [2.45, 2.75) is 90.1 Å². The summed E-state index contributed by atoms with van der Waals surface area (Å²) in [6.07, 6.45) is 1.55. The Bertz CT molecular complexity index is 1610. The van der Waals surface area contributed by atoms with Crippen LogP contribution in [0.15, 0.2) is 18.2 Å². The fourth-order valence-electron chi connectivity index (χ4n) is 7.66. The first-order valence-electron chi connectivity index (χ1n) is 16.0. The quantitative estimate of drug-likeness (QED) is 0.223. The van der Waals surface area contributed by atoms with Gasteiger partial charge in [0.15, 0.2) is 17.3 Å². The molecule has 3 N–H and O–H groups in total. The molecule has 15 heteroatoms. The molecule has 1 unspecified atom stereocenters. The maximum Gasteiger partial charge on any atom is 0.482 e. The van der Waals surface area contributed by atoms with Crippen LogP contribution in [0.2, 0.25) is 5.02 Å². The normalized spacial score (nSPS) is 24.8. The first kappa shape index (κ1) is 39.0. The van der Waals surface area contributed by atoms with Crippen molar-refractivity contribution in [1.29, 1.82) is 0 Å². The van der Waals surface area contributed by atoms with Crippen molar-refractivity contribution < 1.29 is 46.6 Å². The summed E-state index contributed by atoms with van der Waals surface area (Å²) in [6, 6.07) is 2.17. The molecular weight excluding hydrogens is 684 g/mol. The number of hydrogen-bond donors (Lipinski definition) is 2. The molecule has 1 amide bonds. The van der Waals surface area contributed by atoms with Crippen LogP contribution < -0.4 is 25.3 Å². The standard InChI is InChI=1S/C34H44BClF2N2O8.ClH/c1-32(2,3)46-31(42)24-19(37)11-10-16(27(24)43-7)12-23(35-47-22-14-17-13-21(33(17,4)5)34(22,6)48-35)40-30(41)26(39)18-15-20(38)28(44-8)29(45-9)25(18)36;/h10-11,15,17,21-23,26H,12-14,39H2,1-9H3,(H,40,41);1H/t17-,21-,22+,23-,26?,34-;/m0./s1. The number of halogens is 4. The molecule has 0 aromatic heterocycles. The Morgan fingerprint density at radius 1 is 1.06 bits per heavy atom. The number of methoxy groups -OCH3 is 3. The maximum atomic E-state index is 15.2. The molecule has 2 aromatic carbocycles. The van der Waals surface area contributed by atoms with E-state index in [0.29, 0.717) is 11.5 Å². The number of carbonyl (C=O) groups excluding carboxylic acids is 2. The summed E-state index contributed by atoms with van der Waals surface area (Å²) in [4.78, 5) is 27.0. The van der Waals surface area contributed by atoms with E-state index in [4.69, 9.17) is 45.6 Å². The number of nitrogens with two attached hydrogens (primary N) is 1. The van der Waals surface area contributed by atoms with Crippen molar-refractivity contribution in [3.63, 3.8) is 0 Å². The van der Waals surface area contributed by atoms with E-state index >= 15 is 4.39 Å². The first-order valence-corrected chi connectivity index (χ1v) is 16.3. The highest BCUT2D eigenvalue weighted by Crippen LogP contribution is 2.65. The average molecular weight is 729 g/mol. The lowest BCUT2D eigenvalue weighted by Gasteiger charge is -2.64. The number of carbonyl (C=O) groups is 2. The highest BCUT2D eigenvalue weighted by atomic mass is 35.5. The molecule has 4 fully saturated rings. The largest absolute Gasteiger partial charge is 0.495 e. The molecule has 2 bridgehead atoms. The Balaban J connectivity index is 0.00000541. The monoisotopic (exact) mass is 728 g/mol. The molecule has 270 valence electrons. The fourth-order valence-corrected chi connectivity index (χ4v) is 7.99. The van der Waals surface area contributed by atoms with Crippen LogP contribution in [-0.2, 0) is 25.3 Å². The Kier molecular flexibility index (Phi) is 11.2. The van der Waals surface area contributed by atoms with Gasteiger partial charge in [-0.15, -0.1) is 12.4 Å². The molecule has 0 radical (unpaired) electrons. The van der Waals surface area contributed by atoms with Crippen LogP contribution in [0.25, 0.3) is 0 Å². The third kappa shape index (κ3) is 6.93. The van der Waals surface area contributed by atoms with Crippen molar-refractivity contribution in [1.82, 2.24) is 5.32 Å². The van der Waals surface area contributed by atoms with Gasteiger partial charge in [0.25, 0.3) is 0 Å². The molecule has 4 aliphatic rings. The molecule has 2 aromatic rings. The van der Waals surface area contributed by atoms with Crippen molar-refractivity contribution in [3.8, 4) is 17.2 Å². The van der Waals surface area contributed by atoms with E-state index in [0.717, 1.165) is 25.0 Å². The number of benzene rings is 2. The van der Waals surface area contributed by atoms with Gasteiger partial charge in [-0.2, -0.15) is 0 Å². The van der Waals surface area contributed by atoms with Gasteiger partial charge in [-0.05, 0) is 81.9 Å². The second-order valence-corrected chi connectivity index (χ2v) is 15.0. The lowest BCUT2D eigenvalue weighted by Crippen LogP contribution is -2.65. The topological polar surface area (TPSA) is 128 Å². The van der Waals surface area contributed by atoms with Crippen LogP contribution in [0.5, 0.6) is 17.2 Å². The highest BCUT2D eigenvalue weighted by molar-refractivity contribution is 6.48.